The van der Waals surface area contributed by atoms with E-state index in [2.05, 4.69) is 12.2 Å². The Balaban J connectivity index is 1.64. The van der Waals surface area contributed by atoms with Crippen molar-refractivity contribution in [2.24, 2.45) is 5.92 Å². The summed E-state index contributed by atoms with van der Waals surface area (Å²) in [5.41, 5.74) is 0.255. The number of ether oxygens (including phenoxy) is 2. The van der Waals surface area contributed by atoms with Crippen molar-refractivity contribution in [3.05, 3.63) is 0 Å². The molecule has 0 aromatic carbocycles. The van der Waals surface area contributed by atoms with Crippen LogP contribution in [0.15, 0.2) is 0 Å². The zero-order valence-electron chi connectivity index (χ0n) is 12.3. The monoisotopic (exact) mass is 267 g/mol. The summed E-state index contributed by atoms with van der Waals surface area (Å²) in [5, 5.41) is 3.73. The molecular weight excluding hydrogens is 238 g/mol. The van der Waals surface area contributed by atoms with Gasteiger partial charge in [0, 0.05) is 19.3 Å². The van der Waals surface area contributed by atoms with Gasteiger partial charge in [-0.1, -0.05) is 6.92 Å². The maximum absolute atomic E-state index is 6.08. The Hall–Kier alpha value is -0.120. The molecular formula is C16H29NO2. The third kappa shape index (κ3) is 2.98. The highest BCUT2D eigenvalue weighted by atomic mass is 16.5. The van der Waals surface area contributed by atoms with Crippen molar-refractivity contribution < 1.29 is 9.47 Å². The maximum atomic E-state index is 6.08. The summed E-state index contributed by atoms with van der Waals surface area (Å²) >= 11 is 0. The average Bonchev–Trinajstić information content (AvgIpc) is 2.44. The molecule has 1 spiro atoms. The summed E-state index contributed by atoms with van der Waals surface area (Å²) < 4.78 is 12.1. The van der Waals surface area contributed by atoms with Crippen LogP contribution < -0.4 is 5.32 Å². The minimum atomic E-state index is 0.255. The molecule has 3 fully saturated rings. The van der Waals surface area contributed by atoms with Gasteiger partial charge in [-0.3, -0.25) is 0 Å². The summed E-state index contributed by atoms with van der Waals surface area (Å²) in [4.78, 5) is 0. The minimum absolute atomic E-state index is 0.255. The molecule has 2 aliphatic heterocycles. The first-order chi connectivity index (χ1) is 9.33. The van der Waals surface area contributed by atoms with E-state index in [9.17, 15) is 0 Å². The fourth-order valence-corrected chi connectivity index (χ4v) is 4.18. The van der Waals surface area contributed by atoms with Gasteiger partial charge in [-0.25, -0.2) is 0 Å². The van der Waals surface area contributed by atoms with Crippen LogP contribution >= 0.6 is 0 Å². The summed E-state index contributed by atoms with van der Waals surface area (Å²) in [6, 6.07) is 0.548. The van der Waals surface area contributed by atoms with E-state index in [-0.39, 0.29) is 5.60 Å². The number of rotatable bonds is 4. The van der Waals surface area contributed by atoms with Crippen LogP contribution in [0.3, 0.4) is 0 Å². The summed E-state index contributed by atoms with van der Waals surface area (Å²) in [6.45, 7) is 5.18. The molecule has 0 aromatic heterocycles. The fraction of sp³-hybridized carbons (Fsp3) is 1.00. The topological polar surface area (TPSA) is 30.5 Å². The lowest BCUT2D eigenvalue weighted by molar-refractivity contribution is -0.154. The summed E-state index contributed by atoms with van der Waals surface area (Å²) in [6.07, 6.45) is 10.6. The zero-order valence-corrected chi connectivity index (χ0v) is 12.3. The first-order valence-electron chi connectivity index (χ1n) is 8.32. The molecule has 3 heteroatoms. The quantitative estimate of drug-likeness (QED) is 0.849. The van der Waals surface area contributed by atoms with Gasteiger partial charge in [0.1, 0.15) is 0 Å². The highest BCUT2D eigenvalue weighted by molar-refractivity contribution is 4.98. The Labute approximate surface area is 117 Å². The third-order valence-electron chi connectivity index (χ3n) is 5.36. The summed E-state index contributed by atoms with van der Waals surface area (Å²) in [7, 11) is 0. The van der Waals surface area contributed by atoms with Gasteiger partial charge >= 0.3 is 0 Å². The normalized spacial score (nSPS) is 35.8. The minimum Gasteiger partial charge on any atom is -0.377 e. The van der Waals surface area contributed by atoms with Crippen LogP contribution in [-0.4, -0.2) is 37.5 Å². The van der Waals surface area contributed by atoms with Gasteiger partial charge < -0.3 is 14.8 Å². The van der Waals surface area contributed by atoms with Gasteiger partial charge in [0.2, 0.25) is 0 Å². The van der Waals surface area contributed by atoms with Gasteiger partial charge in [0.05, 0.1) is 11.7 Å². The lowest BCUT2D eigenvalue weighted by Gasteiger charge is -2.50. The first-order valence-corrected chi connectivity index (χ1v) is 8.32. The second-order valence-corrected chi connectivity index (χ2v) is 6.63. The molecule has 2 heterocycles. The molecule has 3 aliphatic rings. The highest BCUT2D eigenvalue weighted by Gasteiger charge is 2.45. The smallest absolute Gasteiger partial charge is 0.0730 e. The molecule has 3 nitrogen and oxygen atoms in total. The summed E-state index contributed by atoms with van der Waals surface area (Å²) in [5.74, 6) is 0.747. The van der Waals surface area contributed by atoms with E-state index in [1.165, 1.54) is 51.4 Å². The van der Waals surface area contributed by atoms with Crippen molar-refractivity contribution in [1.29, 1.82) is 0 Å². The van der Waals surface area contributed by atoms with Crippen LogP contribution in [0.5, 0.6) is 0 Å². The van der Waals surface area contributed by atoms with Crippen molar-refractivity contribution in [2.75, 3.05) is 19.8 Å². The maximum Gasteiger partial charge on any atom is 0.0730 e. The predicted molar refractivity (Wildman–Crippen MR) is 76.3 cm³/mol. The number of nitrogens with one attached hydrogen (secondary N) is 1. The molecule has 0 radical (unpaired) electrons. The molecule has 110 valence electrons. The van der Waals surface area contributed by atoms with Crippen molar-refractivity contribution in [3.8, 4) is 0 Å². The Morgan fingerprint density at radius 2 is 2.05 bits per heavy atom. The fourth-order valence-electron chi connectivity index (χ4n) is 4.18. The van der Waals surface area contributed by atoms with E-state index in [0.29, 0.717) is 12.1 Å². The van der Waals surface area contributed by atoms with Gasteiger partial charge in [0.25, 0.3) is 0 Å². The Morgan fingerprint density at radius 1 is 1.16 bits per heavy atom. The van der Waals surface area contributed by atoms with E-state index in [4.69, 9.17) is 9.47 Å². The van der Waals surface area contributed by atoms with Crippen molar-refractivity contribution in [1.82, 2.24) is 5.32 Å². The van der Waals surface area contributed by atoms with Crippen LogP contribution in [0, 0.1) is 5.92 Å². The molecule has 0 amide bonds. The van der Waals surface area contributed by atoms with E-state index in [1.807, 2.05) is 0 Å². The van der Waals surface area contributed by atoms with Crippen LogP contribution in [0.1, 0.15) is 58.3 Å². The van der Waals surface area contributed by atoms with E-state index in [1.54, 1.807) is 0 Å². The van der Waals surface area contributed by atoms with E-state index >= 15 is 0 Å². The predicted octanol–water partition coefficient (Wildman–Crippen LogP) is 2.88. The molecule has 3 rings (SSSR count). The van der Waals surface area contributed by atoms with E-state index < -0.39 is 0 Å². The van der Waals surface area contributed by atoms with Crippen molar-refractivity contribution in [3.63, 3.8) is 0 Å². The Kier molecular flexibility index (Phi) is 4.45. The molecule has 0 bridgehead atoms. The molecule has 19 heavy (non-hydrogen) atoms. The van der Waals surface area contributed by atoms with Gasteiger partial charge in [-0.05, 0) is 63.8 Å². The second-order valence-electron chi connectivity index (χ2n) is 6.63. The molecule has 2 saturated heterocycles. The van der Waals surface area contributed by atoms with E-state index in [0.717, 1.165) is 25.7 Å². The van der Waals surface area contributed by atoms with Crippen LogP contribution in [0.25, 0.3) is 0 Å². The molecule has 0 aromatic rings. The van der Waals surface area contributed by atoms with Gasteiger partial charge in [-0.2, -0.15) is 0 Å². The number of likely N-dealkylation sites (N-methyl/N-ethyl adjacent to an activating group) is 1. The molecule has 3 unspecified atom stereocenters. The zero-order chi connectivity index (χ0) is 13.1. The lowest BCUT2D eigenvalue weighted by Crippen LogP contribution is -2.54. The highest BCUT2D eigenvalue weighted by Crippen LogP contribution is 2.45. The van der Waals surface area contributed by atoms with Gasteiger partial charge in [-0.15, -0.1) is 0 Å². The second kappa shape index (κ2) is 6.11. The van der Waals surface area contributed by atoms with Crippen LogP contribution in [0.4, 0.5) is 0 Å². The standard InChI is InChI=1S/C16H29NO2/c1-2-17-15(14-6-3-4-10-18-14)13-7-11-19-16(12-13)8-5-9-16/h13-15,17H,2-12H2,1H3. The lowest BCUT2D eigenvalue weighted by atomic mass is 9.69. The molecule has 1 aliphatic carbocycles. The molecule has 1 N–H and O–H groups in total. The third-order valence-corrected chi connectivity index (χ3v) is 5.36. The van der Waals surface area contributed by atoms with Crippen LogP contribution in [0.2, 0.25) is 0 Å². The molecule has 1 saturated carbocycles. The van der Waals surface area contributed by atoms with Crippen LogP contribution in [-0.2, 0) is 9.47 Å². The SMILES string of the molecule is CCNC(C1CCOC2(CCC2)C1)C1CCCCO1. The number of hydrogen-bond donors (Lipinski definition) is 1. The Bertz CT molecular complexity index is 284. The first kappa shape index (κ1) is 13.8. The van der Waals surface area contributed by atoms with Crippen molar-refractivity contribution >= 4 is 0 Å². The number of hydrogen-bond acceptors (Lipinski definition) is 3. The van der Waals surface area contributed by atoms with Gasteiger partial charge in [0.15, 0.2) is 0 Å². The molecule has 3 atom stereocenters. The average molecular weight is 267 g/mol. The van der Waals surface area contributed by atoms with Crippen molar-refractivity contribution in [2.45, 2.75) is 76.0 Å². The largest absolute Gasteiger partial charge is 0.377 e. The Morgan fingerprint density at radius 3 is 2.68 bits per heavy atom.